The van der Waals surface area contributed by atoms with Gasteiger partial charge in [0.25, 0.3) is 17.5 Å². The number of nitro benzene ring substituents is 1. The standard InChI is InChI=1S/C19H20N4O5/c1-2-11-28-16-9-7-14(8-10-16)19(25)20-13-18(24)22-21-12-15-5-3-4-6-17(15)23(26)27/h3-10,12H,2,11,13H2,1H3,(H,20,25)(H,22,24)/b21-12-. The first kappa shape index (κ1) is 20.6. The first-order valence-electron chi connectivity index (χ1n) is 8.57. The third-order valence-corrected chi connectivity index (χ3v) is 3.53. The van der Waals surface area contributed by atoms with Crippen LogP contribution in [0.4, 0.5) is 5.69 Å². The Kier molecular flexibility index (Phi) is 7.64. The highest BCUT2D eigenvalue weighted by Gasteiger charge is 2.11. The number of carbonyl (C=O) groups is 2. The number of amides is 2. The third-order valence-electron chi connectivity index (χ3n) is 3.53. The Morgan fingerprint density at radius 1 is 1.18 bits per heavy atom. The fourth-order valence-corrected chi connectivity index (χ4v) is 2.16. The molecule has 0 unspecified atom stereocenters. The van der Waals surface area contributed by atoms with Gasteiger partial charge >= 0.3 is 0 Å². The van der Waals surface area contributed by atoms with Gasteiger partial charge in [0.15, 0.2) is 0 Å². The van der Waals surface area contributed by atoms with Crippen molar-refractivity contribution in [3.05, 3.63) is 69.8 Å². The Bertz CT molecular complexity index is 865. The number of hydrazone groups is 1. The van der Waals surface area contributed by atoms with E-state index in [0.29, 0.717) is 17.9 Å². The van der Waals surface area contributed by atoms with E-state index in [0.717, 1.165) is 6.42 Å². The van der Waals surface area contributed by atoms with E-state index in [-0.39, 0.29) is 17.8 Å². The van der Waals surface area contributed by atoms with Crippen molar-refractivity contribution in [2.75, 3.05) is 13.2 Å². The number of hydrogen-bond acceptors (Lipinski definition) is 6. The van der Waals surface area contributed by atoms with Crippen LogP contribution in [-0.4, -0.2) is 36.1 Å². The van der Waals surface area contributed by atoms with E-state index in [2.05, 4.69) is 15.8 Å². The van der Waals surface area contributed by atoms with Crippen LogP contribution >= 0.6 is 0 Å². The van der Waals surface area contributed by atoms with Crippen molar-refractivity contribution >= 4 is 23.7 Å². The van der Waals surface area contributed by atoms with E-state index < -0.39 is 16.7 Å². The molecular formula is C19H20N4O5. The van der Waals surface area contributed by atoms with Gasteiger partial charge in [0.2, 0.25) is 0 Å². The van der Waals surface area contributed by atoms with Crippen LogP contribution in [0.1, 0.15) is 29.3 Å². The highest BCUT2D eigenvalue weighted by molar-refractivity contribution is 5.96. The van der Waals surface area contributed by atoms with E-state index in [4.69, 9.17) is 4.74 Å². The highest BCUT2D eigenvalue weighted by Crippen LogP contribution is 2.15. The van der Waals surface area contributed by atoms with Crippen LogP contribution < -0.4 is 15.5 Å². The Hall–Kier alpha value is -3.75. The molecular weight excluding hydrogens is 364 g/mol. The predicted octanol–water partition coefficient (Wildman–Crippen LogP) is 2.26. The van der Waals surface area contributed by atoms with E-state index >= 15 is 0 Å². The van der Waals surface area contributed by atoms with Crippen LogP contribution in [0.15, 0.2) is 53.6 Å². The lowest BCUT2D eigenvalue weighted by Crippen LogP contribution is -2.34. The summed E-state index contributed by atoms with van der Waals surface area (Å²) in [6, 6.07) is 12.6. The van der Waals surface area contributed by atoms with Crippen LogP contribution in [0.2, 0.25) is 0 Å². The zero-order valence-corrected chi connectivity index (χ0v) is 15.3. The van der Waals surface area contributed by atoms with Gasteiger partial charge in [-0.05, 0) is 36.8 Å². The fraction of sp³-hybridized carbons (Fsp3) is 0.211. The monoisotopic (exact) mass is 384 g/mol. The minimum Gasteiger partial charge on any atom is -0.494 e. The summed E-state index contributed by atoms with van der Waals surface area (Å²) in [5.74, 6) is -0.313. The maximum atomic E-state index is 12.0. The summed E-state index contributed by atoms with van der Waals surface area (Å²) in [5, 5.41) is 17.0. The number of benzene rings is 2. The van der Waals surface area contributed by atoms with Gasteiger partial charge in [-0.15, -0.1) is 0 Å². The molecule has 0 aromatic heterocycles. The molecule has 0 saturated heterocycles. The van der Waals surface area contributed by atoms with Gasteiger partial charge in [-0.3, -0.25) is 19.7 Å². The molecule has 0 radical (unpaired) electrons. The topological polar surface area (TPSA) is 123 Å². The van der Waals surface area contributed by atoms with Crippen molar-refractivity contribution in [1.82, 2.24) is 10.7 Å². The van der Waals surface area contributed by atoms with Gasteiger partial charge in [-0.1, -0.05) is 19.1 Å². The molecule has 2 rings (SSSR count). The molecule has 2 aromatic carbocycles. The number of rotatable bonds is 9. The smallest absolute Gasteiger partial charge is 0.278 e. The molecule has 2 N–H and O–H groups in total. The van der Waals surface area contributed by atoms with Crippen LogP contribution in [0.25, 0.3) is 0 Å². The summed E-state index contributed by atoms with van der Waals surface area (Å²) in [6.45, 7) is 2.30. The molecule has 9 heteroatoms. The first-order valence-corrected chi connectivity index (χ1v) is 8.57. The summed E-state index contributed by atoms with van der Waals surface area (Å²) < 4.78 is 5.44. The second-order valence-electron chi connectivity index (χ2n) is 5.66. The molecule has 0 aliphatic heterocycles. The highest BCUT2D eigenvalue weighted by atomic mass is 16.6. The van der Waals surface area contributed by atoms with E-state index in [1.54, 1.807) is 30.3 Å². The number of nitro groups is 1. The van der Waals surface area contributed by atoms with Crippen molar-refractivity contribution < 1.29 is 19.2 Å². The molecule has 146 valence electrons. The summed E-state index contributed by atoms with van der Waals surface area (Å²) in [6.07, 6.45) is 2.06. The van der Waals surface area contributed by atoms with Crippen molar-refractivity contribution in [2.45, 2.75) is 13.3 Å². The number of carbonyl (C=O) groups excluding carboxylic acids is 2. The normalized spacial score (nSPS) is 10.5. The van der Waals surface area contributed by atoms with Crippen molar-refractivity contribution in [2.24, 2.45) is 5.10 Å². The first-order chi connectivity index (χ1) is 13.5. The number of nitrogens with one attached hydrogen (secondary N) is 2. The Balaban J connectivity index is 1.82. The second-order valence-corrected chi connectivity index (χ2v) is 5.66. The maximum absolute atomic E-state index is 12.0. The minimum atomic E-state index is -0.564. The lowest BCUT2D eigenvalue weighted by atomic mass is 10.2. The van der Waals surface area contributed by atoms with Crippen molar-refractivity contribution in [1.29, 1.82) is 0 Å². The summed E-state index contributed by atoms with van der Waals surface area (Å²) in [5.41, 5.74) is 2.73. The summed E-state index contributed by atoms with van der Waals surface area (Å²) >= 11 is 0. The van der Waals surface area contributed by atoms with Gasteiger partial charge in [0, 0.05) is 11.6 Å². The second kappa shape index (κ2) is 10.4. The molecule has 0 spiro atoms. The molecule has 2 amide bonds. The average Bonchev–Trinajstić information content (AvgIpc) is 2.71. The maximum Gasteiger partial charge on any atom is 0.278 e. The Labute approximate surface area is 161 Å². The number of nitrogens with zero attached hydrogens (tertiary/aromatic N) is 2. The Morgan fingerprint density at radius 2 is 1.89 bits per heavy atom. The van der Waals surface area contributed by atoms with Crippen LogP contribution in [0.5, 0.6) is 5.75 Å². The minimum absolute atomic E-state index is 0.125. The predicted molar refractivity (Wildman–Crippen MR) is 103 cm³/mol. The van der Waals surface area contributed by atoms with Crippen LogP contribution in [0.3, 0.4) is 0 Å². The van der Waals surface area contributed by atoms with Gasteiger partial charge in [-0.2, -0.15) is 5.10 Å². The molecule has 0 atom stereocenters. The van der Waals surface area contributed by atoms with Gasteiger partial charge in [0.05, 0.1) is 29.9 Å². The van der Waals surface area contributed by atoms with Gasteiger partial charge in [-0.25, -0.2) is 5.43 Å². The molecule has 0 aliphatic rings. The lowest BCUT2D eigenvalue weighted by molar-refractivity contribution is -0.385. The van der Waals surface area contributed by atoms with Gasteiger partial charge < -0.3 is 10.1 Å². The molecule has 28 heavy (non-hydrogen) atoms. The lowest BCUT2D eigenvalue weighted by Gasteiger charge is -2.07. The SMILES string of the molecule is CCCOc1ccc(C(=O)NCC(=O)N/N=C\c2ccccc2[N+](=O)[O-])cc1. The van der Waals surface area contributed by atoms with Crippen molar-refractivity contribution in [3.8, 4) is 5.75 Å². The molecule has 9 nitrogen and oxygen atoms in total. The van der Waals surface area contributed by atoms with Crippen LogP contribution in [-0.2, 0) is 4.79 Å². The average molecular weight is 384 g/mol. The zero-order chi connectivity index (χ0) is 20.4. The number of hydrogen-bond donors (Lipinski definition) is 2. The van der Waals surface area contributed by atoms with Crippen LogP contribution in [0, 0.1) is 10.1 Å². The number of ether oxygens (including phenoxy) is 1. The fourth-order valence-electron chi connectivity index (χ4n) is 2.16. The number of para-hydroxylation sites is 1. The molecule has 0 bridgehead atoms. The largest absolute Gasteiger partial charge is 0.494 e. The van der Waals surface area contributed by atoms with E-state index in [1.807, 2.05) is 6.92 Å². The van der Waals surface area contributed by atoms with Gasteiger partial charge in [0.1, 0.15) is 5.75 Å². The summed E-state index contributed by atoms with van der Waals surface area (Å²) in [4.78, 5) is 34.2. The molecule has 0 heterocycles. The van der Waals surface area contributed by atoms with E-state index in [9.17, 15) is 19.7 Å². The van der Waals surface area contributed by atoms with Crippen molar-refractivity contribution in [3.63, 3.8) is 0 Å². The Morgan fingerprint density at radius 3 is 2.57 bits per heavy atom. The quantitative estimate of drug-likeness (QED) is 0.390. The zero-order valence-electron chi connectivity index (χ0n) is 15.3. The molecule has 0 aliphatic carbocycles. The van der Waals surface area contributed by atoms with E-state index in [1.165, 1.54) is 24.4 Å². The molecule has 2 aromatic rings. The summed E-state index contributed by atoms with van der Waals surface area (Å²) in [7, 11) is 0. The molecule has 0 fully saturated rings. The molecule has 0 saturated carbocycles. The third kappa shape index (κ3) is 6.20.